The fourth-order valence-electron chi connectivity index (χ4n) is 5.22. The number of esters is 1. The van der Waals surface area contributed by atoms with Crippen LogP contribution in [0.3, 0.4) is 0 Å². The van der Waals surface area contributed by atoms with Gasteiger partial charge in [-0.3, -0.25) is 9.59 Å². The standard InChI is InChI=1S/C27H41NO5S2/c1-16(11-19-15-35-25(28-19)34-6)21-14-27(5)13-18(27)9-7-8-10-20(29)17(2)24(32)26(3,4)22(30)12-23(31)33-21/h11,15,17-18,20-22,29-30H,7-10,12-14H2,1-6H3/b16-11+/t17-,18+,20+,21+,22+,27+/m1/s1. The number of thiazole rings is 1. The topological polar surface area (TPSA) is 96.7 Å². The van der Waals surface area contributed by atoms with Gasteiger partial charge in [-0.05, 0) is 61.8 Å². The van der Waals surface area contributed by atoms with Gasteiger partial charge in [-0.15, -0.1) is 11.3 Å². The molecular formula is C27H41NO5S2. The zero-order valence-corrected chi connectivity index (χ0v) is 23.5. The molecule has 2 N–H and O–H groups in total. The van der Waals surface area contributed by atoms with Gasteiger partial charge in [0.2, 0.25) is 0 Å². The van der Waals surface area contributed by atoms with Crippen molar-refractivity contribution in [3.05, 3.63) is 16.6 Å². The van der Waals surface area contributed by atoms with Gasteiger partial charge >= 0.3 is 5.97 Å². The van der Waals surface area contributed by atoms with Crippen LogP contribution in [0, 0.1) is 22.7 Å². The maximum Gasteiger partial charge on any atom is 0.309 e. The third-order valence-corrected chi connectivity index (χ3v) is 10.0. The van der Waals surface area contributed by atoms with E-state index in [1.807, 2.05) is 24.6 Å². The lowest BCUT2D eigenvalue weighted by atomic mass is 9.74. The number of aromatic nitrogens is 1. The number of aliphatic hydroxyl groups is 2. The number of rotatable bonds is 3. The van der Waals surface area contributed by atoms with Crippen LogP contribution in [0.4, 0.5) is 0 Å². The number of ether oxygens (including phenoxy) is 1. The maximum absolute atomic E-state index is 13.1. The van der Waals surface area contributed by atoms with Crippen LogP contribution < -0.4 is 0 Å². The molecule has 1 aliphatic heterocycles. The Morgan fingerprint density at radius 3 is 2.54 bits per heavy atom. The van der Waals surface area contributed by atoms with Crippen molar-refractivity contribution in [2.24, 2.45) is 22.7 Å². The summed E-state index contributed by atoms with van der Waals surface area (Å²) in [5, 5.41) is 23.5. The normalized spacial score (nSPS) is 35.3. The van der Waals surface area contributed by atoms with Crippen LogP contribution in [0.1, 0.15) is 85.3 Å². The molecule has 8 heteroatoms. The number of fused-ring (bicyclic) bond motifs is 1. The third-order valence-electron chi connectivity index (χ3n) is 8.14. The summed E-state index contributed by atoms with van der Waals surface area (Å²) in [7, 11) is 0. The Hall–Kier alpha value is -1.22. The second-order valence-electron chi connectivity index (χ2n) is 11.3. The lowest BCUT2D eigenvalue weighted by Crippen LogP contribution is -2.44. The van der Waals surface area contributed by atoms with E-state index in [2.05, 4.69) is 11.9 Å². The van der Waals surface area contributed by atoms with E-state index >= 15 is 0 Å². The Bertz CT molecular complexity index is 942. The van der Waals surface area contributed by atoms with Crippen molar-refractivity contribution in [3.8, 4) is 0 Å². The van der Waals surface area contributed by atoms with Crippen molar-refractivity contribution in [3.63, 3.8) is 0 Å². The molecule has 196 valence electrons. The minimum atomic E-state index is -1.19. The number of cyclic esters (lactones) is 1. The SMILES string of the molecule is CSc1nc(/C=C(\C)[C@@H]2C[C@]3(C)C[C@@H]3CCCC[C@H](O)[C@@H](C)C(=O)C(C)(C)[C@@H](O)CC(=O)O2)cs1. The molecule has 0 amide bonds. The predicted molar refractivity (Wildman–Crippen MR) is 141 cm³/mol. The fourth-order valence-corrected chi connectivity index (χ4v) is 6.44. The zero-order chi connectivity index (χ0) is 26.0. The van der Waals surface area contributed by atoms with E-state index in [-0.39, 0.29) is 17.6 Å². The van der Waals surface area contributed by atoms with E-state index in [0.717, 1.165) is 47.7 Å². The van der Waals surface area contributed by atoms with E-state index < -0.39 is 35.6 Å². The molecule has 6 atom stereocenters. The first-order valence-electron chi connectivity index (χ1n) is 12.6. The molecule has 0 radical (unpaired) electrons. The average Bonchev–Trinajstić information content (AvgIpc) is 3.21. The molecule has 2 heterocycles. The number of carbonyl (C=O) groups excluding carboxylic acids is 2. The van der Waals surface area contributed by atoms with E-state index in [0.29, 0.717) is 12.3 Å². The van der Waals surface area contributed by atoms with Gasteiger partial charge in [-0.2, -0.15) is 0 Å². The molecule has 6 nitrogen and oxygen atoms in total. The summed E-state index contributed by atoms with van der Waals surface area (Å²) in [6, 6.07) is 0. The summed E-state index contributed by atoms with van der Waals surface area (Å²) in [5.74, 6) is -0.780. The van der Waals surface area contributed by atoms with E-state index in [4.69, 9.17) is 4.74 Å². The van der Waals surface area contributed by atoms with Crippen molar-refractivity contribution in [1.29, 1.82) is 0 Å². The van der Waals surface area contributed by atoms with Crippen LogP contribution in [-0.2, 0) is 14.3 Å². The summed E-state index contributed by atoms with van der Waals surface area (Å²) in [5.41, 5.74) is 0.727. The van der Waals surface area contributed by atoms with Crippen molar-refractivity contribution in [2.75, 3.05) is 6.26 Å². The average molecular weight is 524 g/mol. The van der Waals surface area contributed by atoms with Gasteiger partial charge in [0.1, 0.15) is 16.2 Å². The molecular weight excluding hydrogens is 482 g/mol. The van der Waals surface area contributed by atoms with Crippen LogP contribution in [0.2, 0.25) is 0 Å². The molecule has 1 aromatic rings. The number of ketones is 1. The van der Waals surface area contributed by atoms with Crippen LogP contribution in [0.25, 0.3) is 6.08 Å². The van der Waals surface area contributed by atoms with Gasteiger partial charge < -0.3 is 14.9 Å². The molecule has 0 unspecified atom stereocenters. The highest BCUT2D eigenvalue weighted by Crippen LogP contribution is 2.58. The highest BCUT2D eigenvalue weighted by atomic mass is 32.2. The molecule has 1 saturated carbocycles. The first-order valence-corrected chi connectivity index (χ1v) is 14.8. The highest BCUT2D eigenvalue weighted by molar-refractivity contribution is 8.00. The summed E-state index contributed by atoms with van der Waals surface area (Å²) in [4.78, 5) is 30.7. The molecule has 1 aliphatic carbocycles. The van der Waals surface area contributed by atoms with Crippen molar-refractivity contribution in [2.45, 2.75) is 102 Å². The van der Waals surface area contributed by atoms with Gasteiger partial charge in [0, 0.05) is 11.3 Å². The molecule has 0 aromatic carbocycles. The molecule has 0 bridgehead atoms. The van der Waals surface area contributed by atoms with Crippen LogP contribution in [-0.4, -0.2) is 51.5 Å². The molecule has 0 spiro atoms. The number of hydrogen-bond acceptors (Lipinski definition) is 8. The van der Waals surface area contributed by atoms with Crippen LogP contribution in [0.5, 0.6) is 0 Å². The van der Waals surface area contributed by atoms with Crippen molar-refractivity contribution in [1.82, 2.24) is 4.98 Å². The Morgan fingerprint density at radius 1 is 1.20 bits per heavy atom. The monoisotopic (exact) mass is 523 g/mol. The molecule has 2 aliphatic rings. The number of hydrogen-bond donors (Lipinski definition) is 2. The largest absolute Gasteiger partial charge is 0.458 e. The Labute approximate surface area is 217 Å². The first-order chi connectivity index (χ1) is 16.4. The molecule has 1 aromatic heterocycles. The number of nitrogens with zero attached hydrogens (tertiary/aromatic N) is 1. The summed E-state index contributed by atoms with van der Waals surface area (Å²) >= 11 is 3.19. The van der Waals surface area contributed by atoms with Gasteiger partial charge in [0.05, 0.1) is 29.7 Å². The first kappa shape index (κ1) is 28.4. The summed E-state index contributed by atoms with van der Waals surface area (Å²) < 4.78 is 6.96. The minimum absolute atomic E-state index is 0.101. The number of aliphatic hydroxyl groups excluding tert-OH is 2. The number of carbonyl (C=O) groups is 2. The fraction of sp³-hybridized carbons (Fsp3) is 0.741. The summed E-state index contributed by atoms with van der Waals surface area (Å²) in [6.07, 6.45) is 6.70. The molecule has 35 heavy (non-hydrogen) atoms. The number of thioether (sulfide) groups is 1. The Kier molecular flexibility index (Phi) is 9.27. The molecule has 3 rings (SSSR count). The van der Waals surface area contributed by atoms with Gasteiger partial charge in [-0.1, -0.05) is 52.3 Å². The van der Waals surface area contributed by atoms with Crippen molar-refractivity contribution >= 4 is 40.9 Å². The second-order valence-corrected chi connectivity index (χ2v) is 13.2. The highest BCUT2D eigenvalue weighted by Gasteiger charge is 2.51. The van der Waals surface area contributed by atoms with Gasteiger partial charge in [0.15, 0.2) is 0 Å². The lowest BCUT2D eigenvalue weighted by molar-refractivity contribution is -0.154. The Balaban J connectivity index is 1.84. The van der Waals surface area contributed by atoms with E-state index in [9.17, 15) is 19.8 Å². The van der Waals surface area contributed by atoms with Crippen LogP contribution >= 0.6 is 23.1 Å². The summed E-state index contributed by atoms with van der Waals surface area (Å²) in [6.45, 7) is 9.23. The number of Topliss-reactive ketones (excluding diaryl/α,β-unsaturated/α-hetero) is 1. The van der Waals surface area contributed by atoms with Gasteiger partial charge in [-0.25, -0.2) is 4.98 Å². The third kappa shape index (κ3) is 6.96. The quantitative estimate of drug-likeness (QED) is 0.398. The van der Waals surface area contributed by atoms with E-state index in [1.165, 1.54) is 0 Å². The van der Waals surface area contributed by atoms with Crippen LogP contribution in [0.15, 0.2) is 15.3 Å². The molecule has 2 fully saturated rings. The minimum Gasteiger partial charge on any atom is -0.458 e. The smallest absolute Gasteiger partial charge is 0.309 e. The van der Waals surface area contributed by atoms with Crippen molar-refractivity contribution < 1.29 is 24.5 Å². The Morgan fingerprint density at radius 2 is 1.89 bits per heavy atom. The van der Waals surface area contributed by atoms with Gasteiger partial charge in [0.25, 0.3) is 0 Å². The van der Waals surface area contributed by atoms with E-state index in [1.54, 1.807) is 43.9 Å². The predicted octanol–water partition coefficient (Wildman–Crippen LogP) is 5.51. The molecule has 1 saturated heterocycles. The second kappa shape index (κ2) is 11.4. The maximum atomic E-state index is 13.1. The zero-order valence-electron chi connectivity index (χ0n) is 21.9. The lowest BCUT2D eigenvalue weighted by Gasteiger charge is -2.33.